The molecule has 1 aliphatic rings. The van der Waals surface area contributed by atoms with Gasteiger partial charge in [-0.05, 0) is 59.0 Å². The van der Waals surface area contributed by atoms with Crippen molar-refractivity contribution in [1.29, 1.82) is 0 Å². The van der Waals surface area contributed by atoms with Gasteiger partial charge in [0.25, 0.3) is 0 Å². The van der Waals surface area contributed by atoms with E-state index < -0.39 is 0 Å². The molecule has 1 N–H and O–H groups in total. The highest BCUT2D eigenvalue weighted by atomic mass is 32.2. The lowest BCUT2D eigenvalue weighted by molar-refractivity contribution is -0.113. The van der Waals surface area contributed by atoms with Crippen LogP contribution in [0.4, 0.5) is 11.4 Å². The summed E-state index contributed by atoms with van der Waals surface area (Å²) >= 11 is 1.27. The number of ether oxygens (including phenoxy) is 2. The lowest BCUT2D eigenvalue weighted by Gasteiger charge is -2.28. The first-order valence-electron chi connectivity index (χ1n) is 9.51. The predicted molar refractivity (Wildman–Crippen MR) is 115 cm³/mol. The molecule has 0 unspecified atom stereocenters. The Kier molecular flexibility index (Phi) is 6.45. The topological polar surface area (TPSA) is 94.4 Å². The Labute approximate surface area is 178 Å². The maximum atomic E-state index is 12.4. The molecule has 1 aliphatic heterocycles. The van der Waals surface area contributed by atoms with Gasteiger partial charge in [0, 0.05) is 24.5 Å². The van der Waals surface area contributed by atoms with E-state index in [-0.39, 0.29) is 11.7 Å². The van der Waals surface area contributed by atoms with Crippen LogP contribution in [0.2, 0.25) is 0 Å². The monoisotopic (exact) mass is 426 g/mol. The largest absolute Gasteiger partial charge is 0.497 e. The number of carbonyl (C=O) groups is 1. The standard InChI is InChI=1S/C20H22N6O3S/c1-28-18-8-6-17(7-9-18)26-20(22-23-24-26)30-14-19(27)21-15-2-4-16(5-3-15)25-10-12-29-13-11-25/h2-9H,10-14H2,1H3,(H,21,27). The second kappa shape index (κ2) is 9.59. The first kappa shape index (κ1) is 20.2. The normalized spacial score (nSPS) is 13.8. The van der Waals surface area contributed by atoms with Crippen LogP contribution in [-0.4, -0.2) is 65.3 Å². The van der Waals surface area contributed by atoms with Crippen LogP contribution in [0.1, 0.15) is 0 Å². The lowest BCUT2D eigenvalue weighted by Crippen LogP contribution is -2.36. The molecule has 10 heteroatoms. The molecular formula is C20H22N6O3S. The zero-order valence-corrected chi connectivity index (χ0v) is 17.3. The molecule has 4 rings (SSSR count). The number of morpholine rings is 1. The van der Waals surface area contributed by atoms with Crippen LogP contribution in [-0.2, 0) is 9.53 Å². The highest BCUT2D eigenvalue weighted by Crippen LogP contribution is 2.22. The number of methoxy groups -OCH3 is 1. The molecule has 156 valence electrons. The Morgan fingerprint density at radius 2 is 1.80 bits per heavy atom. The summed E-state index contributed by atoms with van der Waals surface area (Å²) in [6, 6.07) is 15.2. The van der Waals surface area contributed by atoms with Crippen molar-refractivity contribution < 1.29 is 14.3 Å². The van der Waals surface area contributed by atoms with Gasteiger partial charge in [0.2, 0.25) is 11.1 Å². The van der Waals surface area contributed by atoms with Crippen molar-refractivity contribution in [2.45, 2.75) is 5.16 Å². The molecule has 0 saturated carbocycles. The Bertz CT molecular complexity index is 971. The van der Waals surface area contributed by atoms with E-state index >= 15 is 0 Å². The van der Waals surface area contributed by atoms with Gasteiger partial charge in [0.05, 0.1) is 31.8 Å². The maximum Gasteiger partial charge on any atom is 0.234 e. The molecule has 0 bridgehead atoms. The Morgan fingerprint density at radius 1 is 1.10 bits per heavy atom. The quantitative estimate of drug-likeness (QED) is 0.575. The minimum absolute atomic E-state index is 0.122. The second-order valence-corrected chi connectivity index (χ2v) is 7.50. The fourth-order valence-electron chi connectivity index (χ4n) is 3.06. The van der Waals surface area contributed by atoms with Crippen LogP contribution in [0.3, 0.4) is 0 Å². The number of aromatic nitrogens is 4. The van der Waals surface area contributed by atoms with Gasteiger partial charge in [-0.3, -0.25) is 4.79 Å². The number of hydrogen-bond donors (Lipinski definition) is 1. The van der Waals surface area contributed by atoms with Crippen molar-refractivity contribution in [3.05, 3.63) is 48.5 Å². The third-order valence-electron chi connectivity index (χ3n) is 4.62. The fourth-order valence-corrected chi connectivity index (χ4v) is 3.75. The number of anilines is 2. The van der Waals surface area contributed by atoms with Crippen LogP contribution in [0.5, 0.6) is 5.75 Å². The average Bonchev–Trinajstić information content (AvgIpc) is 3.27. The van der Waals surface area contributed by atoms with Gasteiger partial charge in [-0.1, -0.05) is 11.8 Å². The third-order valence-corrected chi connectivity index (χ3v) is 5.54. The fraction of sp³-hybridized carbons (Fsp3) is 0.300. The number of amides is 1. The van der Waals surface area contributed by atoms with Crippen molar-refractivity contribution in [3.8, 4) is 11.4 Å². The summed E-state index contributed by atoms with van der Waals surface area (Å²) in [5, 5.41) is 15.2. The van der Waals surface area contributed by atoms with E-state index in [1.165, 1.54) is 11.8 Å². The number of nitrogens with one attached hydrogen (secondary N) is 1. The van der Waals surface area contributed by atoms with Gasteiger partial charge in [-0.2, -0.15) is 4.68 Å². The van der Waals surface area contributed by atoms with E-state index in [1.54, 1.807) is 11.8 Å². The van der Waals surface area contributed by atoms with Crippen molar-refractivity contribution in [2.24, 2.45) is 0 Å². The molecule has 1 amide bonds. The Balaban J connectivity index is 1.32. The number of carbonyl (C=O) groups excluding carboxylic acids is 1. The summed E-state index contributed by atoms with van der Waals surface area (Å²) < 4.78 is 12.1. The van der Waals surface area contributed by atoms with Gasteiger partial charge in [0.15, 0.2) is 0 Å². The summed E-state index contributed by atoms with van der Waals surface area (Å²) in [5.74, 6) is 0.824. The molecule has 0 aliphatic carbocycles. The predicted octanol–water partition coefficient (Wildman–Crippen LogP) is 2.24. The van der Waals surface area contributed by atoms with E-state index in [2.05, 4.69) is 25.7 Å². The molecule has 3 aromatic rings. The van der Waals surface area contributed by atoms with Crippen LogP contribution in [0, 0.1) is 0 Å². The maximum absolute atomic E-state index is 12.4. The molecule has 30 heavy (non-hydrogen) atoms. The molecule has 1 saturated heterocycles. The minimum Gasteiger partial charge on any atom is -0.497 e. The highest BCUT2D eigenvalue weighted by molar-refractivity contribution is 7.99. The van der Waals surface area contributed by atoms with Crippen molar-refractivity contribution >= 4 is 29.0 Å². The zero-order chi connectivity index (χ0) is 20.8. The number of nitrogens with zero attached hydrogens (tertiary/aromatic N) is 5. The summed E-state index contributed by atoms with van der Waals surface area (Å²) in [7, 11) is 1.61. The van der Waals surface area contributed by atoms with Crippen molar-refractivity contribution in [3.63, 3.8) is 0 Å². The lowest BCUT2D eigenvalue weighted by atomic mass is 10.2. The van der Waals surface area contributed by atoms with Crippen LogP contribution >= 0.6 is 11.8 Å². The summed E-state index contributed by atoms with van der Waals surface area (Å²) in [4.78, 5) is 14.6. The number of thioether (sulfide) groups is 1. The smallest absolute Gasteiger partial charge is 0.234 e. The molecule has 0 spiro atoms. The van der Waals surface area contributed by atoms with E-state index in [0.29, 0.717) is 5.16 Å². The van der Waals surface area contributed by atoms with Gasteiger partial charge in [0.1, 0.15) is 5.75 Å². The van der Waals surface area contributed by atoms with E-state index in [0.717, 1.165) is 49.1 Å². The van der Waals surface area contributed by atoms with Crippen LogP contribution in [0.25, 0.3) is 5.69 Å². The number of tetrazole rings is 1. The molecule has 1 aromatic heterocycles. The Morgan fingerprint density at radius 3 is 2.50 bits per heavy atom. The van der Waals surface area contributed by atoms with E-state index in [9.17, 15) is 4.79 Å². The van der Waals surface area contributed by atoms with Gasteiger partial charge in [-0.15, -0.1) is 5.10 Å². The molecular weight excluding hydrogens is 404 g/mol. The third kappa shape index (κ3) is 4.89. The molecule has 2 aromatic carbocycles. The molecule has 0 atom stereocenters. The average molecular weight is 427 g/mol. The van der Waals surface area contributed by atoms with Crippen molar-refractivity contribution in [2.75, 3.05) is 49.4 Å². The van der Waals surface area contributed by atoms with Gasteiger partial charge >= 0.3 is 0 Å². The molecule has 9 nitrogen and oxygen atoms in total. The first-order chi connectivity index (χ1) is 14.7. The van der Waals surface area contributed by atoms with Crippen LogP contribution < -0.4 is 15.0 Å². The molecule has 2 heterocycles. The SMILES string of the molecule is COc1ccc(-n2nnnc2SCC(=O)Nc2ccc(N3CCOCC3)cc2)cc1. The minimum atomic E-state index is -0.122. The Hall–Kier alpha value is -3.11. The zero-order valence-electron chi connectivity index (χ0n) is 16.5. The number of hydrogen-bond acceptors (Lipinski definition) is 8. The van der Waals surface area contributed by atoms with Crippen molar-refractivity contribution in [1.82, 2.24) is 20.2 Å². The number of benzene rings is 2. The number of rotatable bonds is 7. The highest BCUT2D eigenvalue weighted by Gasteiger charge is 2.13. The van der Waals surface area contributed by atoms with Crippen LogP contribution in [0.15, 0.2) is 53.7 Å². The first-order valence-corrected chi connectivity index (χ1v) is 10.5. The van der Waals surface area contributed by atoms with Gasteiger partial charge in [-0.25, -0.2) is 0 Å². The van der Waals surface area contributed by atoms with E-state index in [1.807, 2.05) is 48.5 Å². The molecule has 0 radical (unpaired) electrons. The van der Waals surface area contributed by atoms with E-state index in [4.69, 9.17) is 9.47 Å². The summed E-state index contributed by atoms with van der Waals surface area (Å²) in [6.45, 7) is 3.24. The summed E-state index contributed by atoms with van der Waals surface area (Å²) in [6.07, 6.45) is 0. The molecule has 1 fully saturated rings. The second-order valence-electron chi connectivity index (χ2n) is 6.55. The van der Waals surface area contributed by atoms with Gasteiger partial charge < -0.3 is 19.7 Å². The summed E-state index contributed by atoms with van der Waals surface area (Å²) in [5.41, 5.74) is 2.68.